The van der Waals surface area contributed by atoms with Crippen molar-refractivity contribution < 1.29 is 8.98 Å². The van der Waals surface area contributed by atoms with Crippen molar-refractivity contribution in [1.82, 2.24) is 0 Å². The molecule has 2 atom stereocenters. The van der Waals surface area contributed by atoms with Crippen molar-refractivity contribution >= 4 is 27.7 Å². The van der Waals surface area contributed by atoms with Gasteiger partial charge in [-0.1, -0.05) is 106 Å². The number of allylic oxidation sites excluding steroid dienone is 1. The summed E-state index contributed by atoms with van der Waals surface area (Å²) in [6.45, 7) is 13.6. The van der Waals surface area contributed by atoms with Crippen LogP contribution in [-0.4, -0.2) is 5.71 Å². The van der Waals surface area contributed by atoms with Crippen molar-refractivity contribution in [2.24, 2.45) is 4.99 Å². The minimum atomic E-state index is 0.0299. The first-order valence-corrected chi connectivity index (χ1v) is 15.7. The number of hydrogen-bond acceptors (Lipinski definition) is 2. The highest BCUT2D eigenvalue weighted by Crippen LogP contribution is 2.46. The fraction of sp³-hybridized carbons (Fsp3) is 0.220. The van der Waals surface area contributed by atoms with Gasteiger partial charge in [-0.25, -0.2) is 0 Å². The van der Waals surface area contributed by atoms with Crippen molar-refractivity contribution in [1.29, 1.82) is 0 Å². The van der Waals surface area contributed by atoms with Gasteiger partial charge in [0.2, 0.25) is 11.7 Å². The number of fused-ring (bicyclic) bond motifs is 11. The number of aromatic nitrogens is 1. The Labute approximate surface area is 259 Å². The first kappa shape index (κ1) is 26.8. The van der Waals surface area contributed by atoms with E-state index in [1.165, 1.54) is 27.9 Å². The molecule has 0 spiro atoms. The van der Waals surface area contributed by atoms with Gasteiger partial charge in [0.15, 0.2) is 6.20 Å². The van der Waals surface area contributed by atoms with E-state index in [9.17, 15) is 0 Å². The first-order valence-electron chi connectivity index (χ1n) is 15.7. The number of rotatable bonds is 1. The molecular formula is C41H37N2O+. The fourth-order valence-electron chi connectivity index (χ4n) is 7.54. The SMILES string of the molecule is C=C1N=C(C)c2c(ccc3c2oc2c(-c4ccccc4)cccc23)CCC2c3ccccc3-c3ccc(C(C)(C)C)c[n+]3C12. The van der Waals surface area contributed by atoms with Crippen LogP contribution in [-0.2, 0) is 11.8 Å². The zero-order valence-electron chi connectivity index (χ0n) is 25.9. The van der Waals surface area contributed by atoms with Crippen molar-refractivity contribution in [2.45, 2.75) is 57.9 Å². The number of aryl methyl sites for hydroxylation is 1. The van der Waals surface area contributed by atoms with Gasteiger partial charge in [0.1, 0.15) is 16.9 Å². The summed E-state index contributed by atoms with van der Waals surface area (Å²) in [5.74, 6) is 0.255. The standard InChI is InChI=1S/C41H37N2O/c1-25-37-28(19-22-35-34-17-11-16-30(39(34)44-40(35)37)27-12-7-6-8-13-27)18-21-33-31-14-9-10-15-32(31)36-23-20-29(41(3,4)5)24-43(36)38(33)26(2)42-25/h6-17,19-20,22-24,33,38H,2,18,21H2,1,3-5H3/q+1. The Kier molecular flexibility index (Phi) is 6.03. The lowest BCUT2D eigenvalue weighted by atomic mass is 9.78. The number of para-hydroxylation sites is 1. The number of furan rings is 1. The van der Waals surface area contributed by atoms with Crippen LogP contribution in [0.3, 0.4) is 0 Å². The molecule has 0 saturated heterocycles. The lowest BCUT2D eigenvalue weighted by Crippen LogP contribution is -2.49. The largest absolute Gasteiger partial charge is 0.455 e. The Balaban J connectivity index is 1.33. The number of pyridine rings is 1. The topological polar surface area (TPSA) is 29.4 Å². The zero-order valence-corrected chi connectivity index (χ0v) is 25.9. The quantitative estimate of drug-likeness (QED) is 0.180. The molecule has 3 nitrogen and oxygen atoms in total. The Hall–Kier alpha value is -4.76. The molecule has 0 N–H and O–H groups in total. The molecule has 216 valence electrons. The van der Waals surface area contributed by atoms with Crippen molar-refractivity contribution in [3.05, 3.63) is 138 Å². The highest BCUT2D eigenvalue weighted by molar-refractivity contribution is 6.17. The maximum atomic E-state index is 6.85. The van der Waals surface area contributed by atoms with E-state index in [2.05, 4.69) is 142 Å². The summed E-state index contributed by atoms with van der Waals surface area (Å²) in [5.41, 5.74) is 13.6. The lowest BCUT2D eigenvalue weighted by molar-refractivity contribution is -0.710. The molecule has 0 saturated carbocycles. The molecule has 2 aliphatic rings. The molecule has 0 bridgehead atoms. The van der Waals surface area contributed by atoms with E-state index in [-0.39, 0.29) is 17.4 Å². The number of hydrogen-bond donors (Lipinski definition) is 0. The Morgan fingerprint density at radius 2 is 1.55 bits per heavy atom. The van der Waals surface area contributed by atoms with E-state index in [4.69, 9.17) is 9.41 Å². The number of nitrogens with zero attached hydrogens (tertiary/aromatic N) is 2. The molecule has 2 aromatic heterocycles. The molecule has 0 aliphatic carbocycles. The number of benzene rings is 4. The third-order valence-electron chi connectivity index (χ3n) is 9.74. The maximum Gasteiger partial charge on any atom is 0.213 e. The predicted octanol–water partition coefficient (Wildman–Crippen LogP) is 10.1. The third-order valence-corrected chi connectivity index (χ3v) is 9.74. The van der Waals surface area contributed by atoms with Gasteiger partial charge in [-0.3, -0.25) is 4.99 Å². The van der Waals surface area contributed by atoms with Crippen LogP contribution in [0.25, 0.3) is 44.3 Å². The normalized spacial score (nSPS) is 18.0. The molecule has 0 fully saturated rings. The van der Waals surface area contributed by atoms with Gasteiger partial charge < -0.3 is 4.42 Å². The van der Waals surface area contributed by atoms with Gasteiger partial charge in [-0.15, -0.1) is 0 Å². The van der Waals surface area contributed by atoms with Gasteiger partial charge in [-0.05, 0) is 54.0 Å². The molecule has 8 rings (SSSR count). The summed E-state index contributed by atoms with van der Waals surface area (Å²) in [5, 5.41) is 2.27. The van der Waals surface area contributed by atoms with Gasteiger partial charge in [0.25, 0.3) is 0 Å². The Bertz CT molecular complexity index is 2140. The minimum absolute atomic E-state index is 0.0299. The average Bonchev–Trinajstić information content (AvgIpc) is 3.43. The van der Waals surface area contributed by atoms with Gasteiger partial charge in [-0.2, -0.15) is 4.57 Å². The summed E-state index contributed by atoms with van der Waals surface area (Å²) in [7, 11) is 0. The second kappa shape index (κ2) is 9.89. The fourth-order valence-corrected chi connectivity index (χ4v) is 7.54. The number of aliphatic imine (C=N–C) groups is 1. The molecule has 2 unspecified atom stereocenters. The van der Waals surface area contributed by atoms with E-state index in [1.54, 1.807) is 0 Å². The highest BCUT2D eigenvalue weighted by Gasteiger charge is 2.43. The summed E-state index contributed by atoms with van der Waals surface area (Å²) in [4.78, 5) is 5.33. The van der Waals surface area contributed by atoms with Gasteiger partial charge in [0, 0.05) is 44.8 Å². The van der Waals surface area contributed by atoms with Crippen LogP contribution in [0.5, 0.6) is 0 Å². The van der Waals surface area contributed by atoms with Crippen LogP contribution in [0.2, 0.25) is 0 Å². The Morgan fingerprint density at radius 3 is 2.36 bits per heavy atom. The van der Waals surface area contributed by atoms with E-state index < -0.39 is 0 Å². The van der Waals surface area contributed by atoms with Crippen LogP contribution in [0, 0.1) is 0 Å². The molecular weight excluding hydrogens is 536 g/mol. The molecule has 0 amide bonds. The summed E-state index contributed by atoms with van der Waals surface area (Å²) in [6.07, 6.45) is 4.27. The summed E-state index contributed by atoms with van der Waals surface area (Å²) in [6, 6.07) is 35.0. The maximum absolute atomic E-state index is 6.85. The van der Waals surface area contributed by atoms with Crippen molar-refractivity contribution in [3.63, 3.8) is 0 Å². The molecule has 4 aromatic carbocycles. The molecule has 6 aromatic rings. The molecule has 2 aliphatic heterocycles. The van der Waals surface area contributed by atoms with E-state index in [0.717, 1.165) is 62.9 Å². The predicted molar refractivity (Wildman–Crippen MR) is 181 cm³/mol. The van der Waals surface area contributed by atoms with E-state index in [0.29, 0.717) is 0 Å². The van der Waals surface area contributed by atoms with Crippen LogP contribution < -0.4 is 4.57 Å². The van der Waals surface area contributed by atoms with Crippen LogP contribution in [0.4, 0.5) is 0 Å². The third kappa shape index (κ3) is 4.10. The lowest BCUT2D eigenvalue weighted by Gasteiger charge is -2.31. The van der Waals surface area contributed by atoms with E-state index >= 15 is 0 Å². The van der Waals surface area contributed by atoms with E-state index in [1.807, 2.05) is 0 Å². The van der Waals surface area contributed by atoms with Gasteiger partial charge in [0.05, 0.1) is 5.92 Å². The Morgan fingerprint density at radius 1 is 0.795 bits per heavy atom. The second-order valence-corrected chi connectivity index (χ2v) is 13.5. The molecule has 4 heterocycles. The smallest absolute Gasteiger partial charge is 0.213 e. The molecule has 44 heavy (non-hydrogen) atoms. The molecule has 0 radical (unpaired) electrons. The zero-order chi connectivity index (χ0) is 30.2. The van der Waals surface area contributed by atoms with Crippen LogP contribution in [0.1, 0.15) is 68.3 Å². The van der Waals surface area contributed by atoms with Crippen LogP contribution in [0.15, 0.2) is 125 Å². The summed E-state index contributed by atoms with van der Waals surface area (Å²) < 4.78 is 9.31. The van der Waals surface area contributed by atoms with Gasteiger partial charge >= 0.3 is 0 Å². The van der Waals surface area contributed by atoms with Crippen molar-refractivity contribution in [2.75, 3.05) is 0 Å². The first-order chi connectivity index (χ1) is 21.3. The molecule has 3 heteroatoms. The monoisotopic (exact) mass is 573 g/mol. The van der Waals surface area contributed by atoms with Crippen molar-refractivity contribution in [3.8, 4) is 22.4 Å². The summed E-state index contributed by atoms with van der Waals surface area (Å²) >= 11 is 0. The average molecular weight is 574 g/mol. The second-order valence-electron chi connectivity index (χ2n) is 13.5. The minimum Gasteiger partial charge on any atom is -0.455 e. The highest BCUT2D eigenvalue weighted by atomic mass is 16.3. The van der Waals surface area contributed by atoms with Crippen LogP contribution >= 0.6 is 0 Å².